The van der Waals surface area contributed by atoms with Gasteiger partial charge >= 0.3 is 5.97 Å². The zero-order chi connectivity index (χ0) is 24.5. The molecule has 0 aliphatic rings. The van der Waals surface area contributed by atoms with Gasteiger partial charge in [0.2, 0.25) is 0 Å². The van der Waals surface area contributed by atoms with Gasteiger partial charge in [-0.3, -0.25) is 14.4 Å². The fraction of sp³-hybridized carbons (Fsp3) is 0.214. The third-order valence-electron chi connectivity index (χ3n) is 5.67. The Hall–Kier alpha value is -4.26. The Balaban J connectivity index is 1.32. The Bertz CT molecular complexity index is 1340. The number of carbonyl (C=O) groups is 2. The Morgan fingerprint density at radius 2 is 1.49 bits per heavy atom. The van der Waals surface area contributed by atoms with Crippen LogP contribution in [0.25, 0.3) is 10.9 Å². The van der Waals surface area contributed by atoms with E-state index in [2.05, 4.69) is 9.97 Å². The fourth-order valence-corrected chi connectivity index (χ4v) is 3.78. The molecule has 0 aliphatic carbocycles. The zero-order valence-corrected chi connectivity index (χ0v) is 19.4. The van der Waals surface area contributed by atoms with Gasteiger partial charge in [-0.05, 0) is 29.7 Å². The lowest BCUT2D eigenvalue weighted by Crippen LogP contribution is -2.36. The quantitative estimate of drug-likeness (QED) is 0.358. The Morgan fingerprint density at radius 3 is 2.23 bits per heavy atom. The van der Waals surface area contributed by atoms with Gasteiger partial charge in [-0.25, -0.2) is 4.98 Å². The van der Waals surface area contributed by atoms with Gasteiger partial charge in [0.15, 0.2) is 6.61 Å². The largest absolute Gasteiger partial charge is 0.456 e. The maximum atomic E-state index is 12.9. The standard InChI is InChI=1S/C28H27N3O4/c32-26(31(19-22-11-5-2-6-12-22)18-17-21-9-3-1-4-10-21)20-35-27(33)16-15-25-29-24-14-8-7-13-23(24)28(34)30-25/h1-14H,15-20H2,(H,29,30,34). The van der Waals surface area contributed by atoms with Crippen LogP contribution in [0.4, 0.5) is 0 Å². The lowest BCUT2D eigenvalue weighted by atomic mass is 10.1. The molecule has 0 spiro atoms. The molecular weight excluding hydrogens is 442 g/mol. The molecule has 1 amide bonds. The summed E-state index contributed by atoms with van der Waals surface area (Å²) in [6, 6.07) is 26.7. The third-order valence-corrected chi connectivity index (χ3v) is 5.67. The number of hydrogen-bond acceptors (Lipinski definition) is 5. The number of benzene rings is 3. The number of amides is 1. The van der Waals surface area contributed by atoms with Gasteiger partial charge in [-0.15, -0.1) is 0 Å². The molecule has 0 radical (unpaired) electrons. The molecule has 35 heavy (non-hydrogen) atoms. The van der Waals surface area contributed by atoms with Crippen molar-refractivity contribution >= 4 is 22.8 Å². The topological polar surface area (TPSA) is 92.4 Å². The van der Waals surface area contributed by atoms with E-state index in [1.54, 1.807) is 29.2 Å². The summed E-state index contributed by atoms with van der Waals surface area (Å²) in [7, 11) is 0. The molecule has 0 aliphatic heterocycles. The van der Waals surface area contributed by atoms with Crippen molar-refractivity contribution in [3.8, 4) is 0 Å². The number of para-hydroxylation sites is 1. The summed E-state index contributed by atoms with van der Waals surface area (Å²) in [5.74, 6) is -0.363. The molecule has 3 aromatic carbocycles. The molecule has 7 nitrogen and oxygen atoms in total. The van der Waals surface area contributed by atoms with Crippen molar-refractivity contribution in [2.45, 2.75) is 25.8 Å². The van der Waals surface area contributed by atoms with Crippen molar-refractivity contribution in [1.82, 2.24) is 14.9 Å². The van der Waals surface area contributed by atoms with E-state index < -0.39 is 5.97 Å². The molecule has 178 valence electrons. The first-order valence-corrected chi connectivity index (χ1v) is 11.6. The van der Waals surface area contributed by atoms with Crippen LogP contribution < -0.4 is 5.56 Å². The fourth-order valence-electron chi connectivity index (χ4n) is 3.78. The first kappa shape index (κ1) is 23.9. The van der Waals surface area contributed by atoms with Crippen molar-refractivity contribution in [2.24, 2.45) is 0 Å². The molecule has 0 saturated carbocycles. The summed E-state index contributed by atoms with van der Waals surface area (Å²) in [6.45, 7) is 0.617. The van der Waals surface area contributed by atoms with Gasteiger partial charge in [0, 0.05) is 19.5 Å². The monoisotopic (exact) mass is 469 g/mol. The number of aromatic nitrogens is 2. The molecule has 1 heterocycles. The summed E-state index contributed by atoms with van der Waals surface area (Å²) in [5, 5.41) is 0.499. The summed E-state index contributed by atoms with van der Waals surface area (Å²) in [5.41, 5.74) is 2.47. The number of fused-ring (bicyclic) bond motifs is 1. The first-order chi connectivity index (χ1) is 17.1. The second-order valence-corrected chi connectivity index (χ2v) is 8.23. The van der Waals surface area contributed by atoms with E-state index in [9.17, 15) is 14.4 Å². The molecule has 0 unspecified atom stereocenters. The minimum absolute atomic E-state index is 0.0112. The van der Waals surface area contributed by atoms with Gasteiger partial charge in [-0.2, -0.15) is 0 Å². The number of aromatic amines is 1. The summed E-state index contributed by atoms with van der Waals surface area (Å²) >= 11 is 0. The normalized spacial score (nSPS) is 10.7. The van der Waals surface area contributed by atoms with E-state index in [1.807, 2.05) is 60.7 Å². The number of ether oxygens (including phenoxy) is 1. The highest BCUT2D eigenvalue weighted by molar-refractivity contribution is 5.81. The smallest absolute Gasteiger partial charge is 0.306 e. The van der Waals surface area contributed by atoms with Crippen molar-refractivity contribution in [2.75, 3.05) is 13.2 Å². The van der Waals surface area contributed by atoms with Gasteiger partial charge < -0.3 is 14.6 Å². The first-order valence-electron chi connectivity index (χ1n) is 11.6. The van der Waals surface area contributed by atoms with Gasteiger partial charge in [0.1, 0.15) is 5.82 Å². The number of H-pyrrole nitrogens is 1. The van der Waals surface area contributed by atoms with Crippen LogP contribution in [-0.2, 0) is 33.7 Å². The number of hydrogen-bond donors (Lipinski definition) is 1. The van der Waals surface area contributed by atoms with E-state index in [-0.39, 0.29) is 30.9 Å². The average molecular weight is 470 g/mol. The van der Waals surface area contributed by atoms with Crippen LogP contribution in [0.3, 0.4) is 0 Å². The van der Waals surface area contributed by atoms with E-state index in [1.165, 1.54) is 0 Å². The molecule has 1 N–H and O–H groups in total. The highest BCUT2D eigenvalue weighted by Crippen LogP contribution is 2.09. The van der Waals surface area contributed by atoms with Crippen LogP contribution in [0.2, 0.25) is 0 Å². The Kier molecular flexibility index (Phi) is 8.01. The molecule has 0 bridgehead atoms. The van der Waals surface area contributed by atoms with Crippen LogP contribution in [-0.4, -0.2) is 39.9 Å². The number of carbonyl (C=O) groups excluding carboxylic acids is 2. The molecule has 4 aromatic rings. The SMILES string of the molecule is O=C(CCc1nc2ccccc2c(=O)[nH]1)OCC(=O)N(CCc1ccccc1)Cc1ccccc1. The molecule has 1 aromatic heterocycles. The van der Waals surface area contributed by atoms with Crippen LogP contribution in [0.15, 0.2) is 89.7 Å². The summed E-state index contributed by atoms with van der Waals surface area (Å²) < 4.78 is 5.26. The second kappa shape index (κ2) is 11.7. The summed E-state index contributed by atoms with van der Waals surface area (Å²) in [4.78, 5) is 46.2. The molecule has 7 heteroatoms. The van der Waals surface area contributed by atoms with Crippen molar-refractivity contribution in [1.29, 1.82) is 0 Å². The number of nitrogens with zero attached hydrogens (tertiary/aromatic N) is 2. The Morgan fingerprint density at radius 1 is 0.829 bits per heavy atom. The maximum Gasteiger partial charge on any atom is 0.306 e. The van der Waals surface area contributed by atoms with Crippen molar-refractivity contribution in [3.63, 3.8) is 0 Å². The molecular formula is C28H27N3O4. The predicted molar refractivity (Wildman–Crippen MR) is 134 cm³/mol. The van der Waals surface area contributed by atoms with Crippen molar-refractivity contribution < 1.29 is 14.3 Å². The van der Waals surface area contributed by atoms with Gasteiger partial charge in [0.25, 0.3) is 11.5 Å². The van der Waals surface area contributed by atoms with Gasteiger partial charge in [0.05, 0.1) is 17.3 Å². The van der Waals surface area contributed by atoms with Crippen LogP contribution in [0.1, 0.15) is 23.4 Å². The predicted octanol–water partition coefficient (Wildman–Crippen LogP) is 3.67. The van der Waals surface area contributed by atoms with E-state index >= 15 is 0 Å². The van der Waals surface area contributed by atoms with E-state index in [0.717, 1.165) is 11.1 Å². The molecule has 4 rings (SSSR count). The molecule has 0 fully saturated rings. The highest BCUT2D eigenvalue weighted by Gasteiger charge is 2.17. The minimum atomic E-state index is -0.517. The number of rotatable bonds is 10. The minimum Gasteiger partial charge on any atom is -0.456 e. The van der Waals surface area contributed by atoms with Crippen LogP contribution in [0.5, 0.6) is 0 Å². The second-order valence-electron chi connectivity index (χ2n) is 8.23. The zero-order valence-electron chi connectivity index (χ0n) is 19.4. The van der Waals surface area contributed by atoms with Crippen molar-refractivity contribution in [3.05, 3.63) is 112 Å². The summed E-state index contributed by atoms with van der Waals surface area (Å²) in [6.07, 6.45) is 0.931. The van der Waals surface area contributed by atoms with Crippen LogP contribution in [0, 0.1) is 0 Å². The average Bonchev–Trinajstić information content (AvgIpc) is 2.89. The van der Waals surface area contributed by atoms with Crippen LogP contribution >= 0.6 is 0 Å². The molecule has 0 saturated heterocycles. The lowest BCUT2D eigenvalue weighted by molar-refractivity contribution is -0.152. The number of aryl methyl sites for hydroxylation is 1. The molecule has 0 atom stereocenters. The number of nitrogens with one attached hydrogen (secondary N) is 1. The van der Waals surface area contributed by atoms with E-state index in [0.29, 0.717) is 36.2 Å². The maximum absolute atomic E-state index is 12.9. The van der Waals surface area contributed by atoms with Gasteiger partial charge in [-0.1, -0.05) is 72.8 Å². The highest BCUT2D eigenvalue weighted by atomic mass is 16.5. The lowest BCUT2D eigenvalue weighted by Gasteiger charge is -2.23. The van der Waals surface area contributed by atoms with E-state index in [4.69, 9.17) is 4.74 Å². The number of esters is 1. The third kappa shape index (κ3) is 6.86. The Labute approximate surface area is 203 Å².